The highest BCUT2D eigenvalue weighted by Crippen LogP contribution is 2.24. The fourth-order valence-electron chi connectivity index (χ4n) is 1.77. The van der Waals surface area contributed by atoms with Crippen molar-refractivity contribution in [2.45, 2.75) is 18.4 Å². The van der Waals surface area contributed by atoms with E-state index in [9.17, 15) is 0 Å². The van der Waals surface area contributed by atoms with E-state index in [2.05, 4.69) is 42.8 Å². The summed E-state index contributed by atoms with van der Waals surface area (Å²) in [5, 5.41) is 3.31. The van der Waals surface area contributed by atoms with Gasteiger partial charge in [0.1, 0.15) is 11.5 Å². The third-order valence-electron chi connectivity index (χ3n) is 2.77. The molecule has 0 spiro atoms. The Morgan fingerprint density at radius 1 is 1.05 bits per heavy atom. The molecule has 0 radical (unpaired) electrons. The van der Waals surface area contributed by atoms with Gasteiger partial charge in [-0.3, -0.25) is 0 Å². The molecule has 0 aliphatic rings. The minimum Gasteiger partial charge on any atom is -0.457 e. The molecular weight excluding hydrogens is 254 g/mol. The van der Waals surface area contributed by atoms with Crippen LogP contribution < -0.4 is 10.1 Å². The van der Waals surface area contributed by atoms with Crippen molar-refractivity contribution in [3.63, 3.8) is 0 Å². The van der Waals surface area contributed by atoms with Crippen LogP contribution in [0.2, 0.25) is 0 Å². The average Bonchev–Trinajstić information content (AvgIpc) is 2.46. The molecule has 3 heteroatoms. The van der Waals surface area contributed by atoms with Crippen molar-refractivity contribution in [1.82, 2.24) is 5.32 Å². The Labute approximate surface area is 119 Å². The lowest BCUT2D eigenvalue weighted by Gasteiger charge is -2.08. The summed E-state index contributed by atoms with van der Waals surface area (Å²) in [5.41, 5.74) is 1.24. The number of benzene rings is 2. The van der Waals surface area contributed by atoms with E-state index in [1.165, 1.54) is 10.5 Å². The van der Waals surface area contributed by atoms with Crippen LogP contribution in [-0.2, 0) is 6.54 Å². The van der Waals surface area contributed by atoms with Crippen LogP contribution in [0.3, 0.4) is 0 Å². The molecule has 100 valence electrons. The Bertz CT molecular complexity index is 510. The van der Waals surface area contributed by atoms with Gasteiger partial charge in [-0.1, -0.05) is 19.1 Å². The summed E-state index contributed by atoms with van der Waals surface area (Å²) in [6, 6.07) is 16.3. The first-order chi connectivity index (χ1) is 9.31. The van der Waals surface area contributed by atoms with Gasteiger partial charge in [0.15, 0.2) is 0 Å². The minimum atomic E-state index is 0.874. The molecule has 0 heterocycles. The second-order valence-corrected chi connectivity index (χ2v) is 5.08. The first-order valence-corrected chi connectivity index (χ1v) is 7.66. The SMILES string of the molecule is CCNCc1cccc(Oc2ccc(SC)cc2)c1. The van der Waals surface area contributed by atoms with E-state index in [4.69, 9.17) is 4.74 Å². The molecule has 0 fully saturated rings. The maximum absolute atomic E-state index is 5.86. The van der Waals surface area contributed by atoms with E-state index < -0.39 is 0 Å². The second-order valence-electron chi connectivity index (χ2n) is 4.21. The van der Waals surface area contributed by atoms with Gasteiger partial charge in [0.25, 0.3) is 0 Å². The van der Waals surface area contributed by atoms with Crippen LogP contribution >= 0.6 is 11.8 Å². The van der Waals surface area contributed by atoms with Gasteiger partial charge in [0.05, 0.1) is 0 Å². The van der Waals surface area contributed by atoms with E-state index in [1.54, 1.807) is 11.8 Å². The van der Waals surface area contributed by atoms with Gasteiger partial charge in [-0.15, -0.1) is 11.8 Å². The third kappa shape index (κ3) is 4.30. The van der Waals surface area contributed by atoms with Crippen LogP contribution in [0.1, 0.15) is 12.5 Å². The fraction of sp³-hybridized carbons (Fsp3) is 0.250. The number of ether oxygens (including phenoxy) is 1. The molecule has 1 N–H and O–H groups in total. The Kier molecular flexibility index (Phi) is 5.31. The molecule has 0 aromatic heterocycles. The van der Waals surface area contributed by atoms with Crippen molar-refractivity contribution in [2.24, 2.45) is 0 Å². The summed E-state index contributed by atoms with van der Waals surface area (Å²) >= 11 is 1.73. The summed E-state index contributed by atoms with van der Waals surface area (Å²) in [5.74, 6) is 1.76. The number of rotatable bonds is 6. The van der Waals surface area contributed by atoms with Crippen molar-refractivity contribution in [2.75, 3.05) is 12.8 Å². The van der Waals surface area contributed by atoms with Gasteiger partial charge in [-0.25, -0.2) is 0 Å². The number of hydrogen-bond donors (Lipinski definition) is 1. The van der Waals surface area contributed by atoms with Gasteiger partial charge < -0.3 is 10.1 Å². The fourth-order valence-corrected chi connectivity index (χ4v) is 2.18. The quantitative estimate of drug-likeness (QED) is 0.792. The molecule has 0 aliphatic heterocycles. The van der Waals surface area contributed by atoms with Gasteiger partial charge in [0.2, 0.25) is 0 Å². The molecule has 0 saturated carbocycles. The number of nitrogens with one attached hydrogen (secondary N) is 1. The molecular formula is C16H19NOS. The first kappa shape index (κ1) is 14.0. The summed E-state index contributed by atoms with van der Waals surface area (Å²) in [7, 11) is 0. The van der Waals surface area contributed by atoms with Crippen LogP contribution in [0, 0.1) is 0 Å². The molecule has 0 bridgehead atoms. The molecule has 2 nitrogen and oxygen atoms in total. The van der Waals surface area contributed by atoms with E-state index in [0.29, 0.717) is 0 Å². The van der Waals surface area contributed by atoms with Crippen LogP contribution in [0.25, 0.3) is 0 Å². The van der Waals surface area contributed by atoms with Crippen molar-refractivity contribution in [1.29, 1.82) is 0 Å². The highest BCUT2D eigenvalue weighted by molar-refractivity contribution is 7.98. The van der Waals surface area contributed by atoms with Crippen LogP contribution in [0.4, 0.5) is 0 Å². The molecule has 0 aliphatic carbocycles. The van der Waals surface area contributed by atoms with Gasteiger partial charge >= 0.3 is 0 Å². The molecule has 19 heavy (non-hydrogen) atoms. The van der Waals surface area contributed by atoms with Gasteiger partial charge in [0, 0.05) is 11.4 Å². The summed E-state index contributed by atoms with van der Waals surface area (Å²) in [6.45, 7) is 3.95. The molecule has 2 aromatic carbocycles. The van der Waals surface area contributed by atoms with E-state index in [-0.39, 0.29) is 0 Å². The predicted molar refractivity (Wildman–Crippen MR) is 82.1 cm³/mol. The van der Waals surface area contributed by atoms with Crippen LogP contribution in [0.5, 0.6) is 11.5 Å². The Morgan fingerprint density at radius 2 is 1.84 bits per heavy atom. The van der Waals surface area contributed by atoms with E-state index in [1.807, 2.05) is 24.3 Å². The second kappa shape index (κ2) is 7.22. The normalized spacial score (nSPS) is 10.4. The van der Waals surface area contributed by atoms with Gasteiger partial charge in [-0.2, -0.15) is 0 Å². The summed E-state index contributed by atoms with van der Waals surface area (Å²) in [4.78, 5) is 1.24. The average molecular weight is 273 g/mol. The molecule has 0 amide bonds. The van der Waals surface area contributed by atoms with Crippen LogP contribution in [-0.4, -0.2) is 12.8 Å². The standard InChI is InChI=1S/C16H19NOS/c1-3-17-12-13-5-4-6-15(11-13)18-14-7-9-16(19-2)10-8-14/h4-11,17H,3,12H2,1-2H3. The zero-order valence-corrected chi connectivity index (χ0v) is 12.2. The molecule has 2 aromatic rings. The Balaban J connectivity index is 2.05. The smallest absolute Gasteiger partial charge is 0.127 e. The molecule has 0 atom stereocenters. The largest absolute Gasteiger partial charge is 0.457 e. The Hall–Kier alpha value is -1.45. The lowest BCUT2D eigenvalue weighted by molar-refractivity contribution is 0.481. The maximum Gasteiger partial charge on any atom is 0.127 e. The lowest BCUT2D eigenvalue weighted by Crippen LogP contribution is -2.11. The zero-order chi connectivity index (χ0) is 13.5. The predicted octanol–water partition coefficient (Wildman–Crippen LogP) is 4.31. The van der Waals surface area contributed by atoms with Crippen LogP contribution in [0.15, 0.2) is 53.4 Å². The highest BCUT2D eigenvalue weighted by atomic mass is 32.2. The van der Waals surface area contributed by atoms with Crippen molar-refractivity contribution in [3.8, 4) is 11.5 Å². The summed E-state index contributed by atoms with van der Waals surface area (Å²) in [6.07, 6.45) is 2.07. The highest BCUT2D eigenvalue weighted by Gasteiger charge is 1.99. The number of thioether (sulfide) groups is 1. The summed E-state index contributed by atoms with van der Waals surface area (Å²) < 4.78 is 5.86. The zero-order valence-electron chi connectivity index (χ0n) is 11.3. The first-order valence-electron chi connectivity index (χ1n) is 6.43. The maximum atomic E-state index is 5.86. The minimum absolute atomic E-state index is 0.874. The third-order valence-corrected chi connectivity index (χ3v) is 3.52. The lowest BCUT2D eigenvalue weighted by atomic mass is 10.2. The van der Waals surface area contributed by atoms with Gasteiger partial charge in [-0.05, 0) is 54.8 Å². The molecule has 0 saturated heterocycles. The van der Waals surface area contributed by atoms with Crippen molar-refractivity contribution in [3.05, 3.63) is 54.1 Å². The number of hydrogen-bond acceptors (Lipinski definition) is 3. The van der Waals surface area contributed by atoms with Crippen molar-refractivity contribution >= 4 is 11.8 Å². The Morgan fingerprint density at radius 3 is 2.53 bits per heavy atom. The monoisotopic (exact) mass is 273 g/mol. The van der Waals surface area contributed by atoms with Crippen molar-refractivity contribution < 1.29 is 4.74 Å². The van der Waals surface area contributed by atoms with E-state index in [0.717, 1.165) is 24.6 Å². The molecule has 0 unspecified atom stereocenters. The van der Waals surface area contributed by atoms with E-state index >= 15 is 0 Å². The topological polar surface area (TPSA) is 21.3 Å². The molecule has 2 rings (SSSR count).